The first-order valence-electron chi connectivity index (χ1n) is 6.31. The summed E-state index contributed by atoms with van der Waals surface area (Å²) in [4.78, 5) is 10.8. The van der Waals surface area contributed by atoms with Crippen molar-refractivity contribution < 1.29 is 14.4 Å². The van der Waals surface area contributed by atoms with Gasteiger partial charge in [0.2, 0.25) is 0 Å². The smallest absolute Gasteiger partial charge is 0.409 e. The van der Waals surface area contributed by atoms with Gasteiger partial charge in [0, 0.05) is 22.9 Å². The number of halogens is 1. The maximum Gasteiger partial charge on any atom is 0.409 e. The quantitative estimate of drug-likeness (QED) is 0.614. The van der Waals surface area contributed by atoms with Gasteiger partial charge in [0.1, 0.15) is 11.4 Å². The van der Waals surface area contributed by atoms with Gasteiger partial charge in [-0.05, 0) is 12.5 Å². The van der Waals surface area contributed by atoms with E-state index in [4.69, 9.17) is 21.2 Å². The number of thioether (sulfide) groups is 1. The summed E-state index contributed by atoms with van der Waals surface area (Å²) < 4.78 is 5.22. The summed E-state index contributed by atoms with van der Waals surface area (Å²) in [6.45, 7) is 1.69. The molecule has 1 amide bonds. The molecule has 0 radical (unpaired) electrons. The minimum absolute atomic E-state index is 0.381. The van der Waals surface area contributed by atoms with Gasteiger partial charge in [-0.3, -0.25) is 5.32 Å². The molecule has 21 heavy (non-hydrogen) atoms. The van der Waals surface area contributed by atoms with Crippen LogP contribution in [0.1, 0.15) is 11.3 Å². The number of hydrogen-bond acceptors (Lipinski definition) is 4. The van der Waals surface area contributed by atoms with E-state index in [1.54, 1.807) is 18.7 Å². The largest absolute Gasteiger partial charge is 0.465 e. The molecular formula is C14H15ClN2O3S. The van der Waals surface area contributed by atoms with Crippen LogP contribution in [0.3, 0.4) is 0 Å². The van der Waals surface area contributed by atoms with Crippen LogP contribution in [0.2, 0.25) is 0 Å². The summed E-state index contributed by atoms with van der Waals surface area (Å²) in [7, 11) is 0. The van der Waals surface area contributed by atoms with Crippen LogP contribution in [-0.4, -0.2) is 28.0 Å². The molecule has 2 N–H and O–H groups in total. The van der Waals surface area contributed by atoms with Gasteiger partial charge in [0.25, 0.3) is 0 Å². The Hall–Kier alpha value is -1.66. The van der Waals surface area contributed by atoms with Crippen LogP contribution >= 0.6 is 23.4 Å². The lowest BCUT2D eigenvalue weighted by atomic mass is 10.1. The van der Waals surface area contributed by atoms with E-state index in [9.17, 15) is 4.79 Å². The standard InChI is InChI=1S/C14H15ClN2O3S/c1-9-12(16-14(18)19)13(20-17-9)11-4-2-10(3-5-11)8-21-7-6-15/h2-5,16H,6-8H2,1H3,(H,18,19). The first-order valence-corrected chi connectivity index (χ1v) is 8.00. The monoisotopic (exact) mass is 326 g/mol. The number of anilines is 1. The minimum atomic E-state index is -1.14. The van der Waals surface area contributed by atoms with E-state index in [1.165, 1.54) is 5.56 Å². The Morgan fingerprint density at radius 1 is 1.43 bits per heavy atom. The van der Waals surface area contributed by atoms with Gasteiger partial charge < -0.3 is 9.63 Å². The molecule has 1 heterocycles. The molecule has 0 unspecified atom stereocenters. The molecule has 1 aromatic heterocycles. The molecule has 2 rings (SSSR count). The number of carboxylic acid groups (broad SMARTS) is 1. The summed E-state index contributed by atoms with van der Waals surface area (Å²) in [6.07, 6.45) is -1.14. The van der Waals surface area contributed by atoms with Crippen molar-refractivity contribution in [3.05, 3.63) is 35.5 Å². The molecule has 1 aromatic carbocycles. The van der Waals surface area contributed by atoms with Crippen molar-refractivity contribution >= 4 is 35.1 Å². The first-order chi connectivity index (χ1) is 10.1. The van der Waals surface area contributed by atoms with Crippen molar-refractivity contribution in [1.82, 2.24) is 5.16 Å². The lowest BCUT2D eigenvalue weighted by Crippen LogP contribution is -2.08. The lowest BCUT2D eigenvalue weighted by Gasteiger charge is -2.04. The third-order valence-electron chi connectivity index (χ3n) is 2.80. The fourth-order valence-electron chi connectivity index (χ4n) is 1.82. The van der Waals surface area contributed by atoms with Crippen molar-refractivity contribution in [1.29, 1.82) is 0 Å². The highest BCUT2D eigenvalue weighted by atomic mass is 35.5. The van der Waals surface area contributed by atoms with Gasteiger partial charge in [-0.25, -0.2) is 4.79 Å². The number of nitrogens with one attached hydrogen (secondary N) is 1. The second kappa shape index (κ2) is 7.38. The number of rotatable bonds is 6. The molecule has 0 aliphatic heterocycles. The molecule has 0 aliphatic rings. The summed E-state index contributed by atoms with van der Waals surface area (Å²) in [5.41, 5.74) is 2.85. The first kappa shape index (κ1) is 15.7. The number of aryl methyl sites for hydroxylation is 1. The molecule has 0 saturated heterocycles. The van der Waals surface area contributed by atoms with E-state index in [2.05, 4.69) is 10.5 Å². The molecule has 2 aromatic rings. The van der Waals surface area contributed by atoms with Crippen molar-refractivity contribution in [3.63, 3.8) is 0 Å². The van der Waals surface area contributed by atoms with Gasteiger partial charge in [-0.15, -0.1) is 11.6 Å². The predicted molar refractivity (Wildman–Crippen MR) is 85.2 cm³/mol. The van der Waals surface area contributed by atoms with Gasteiger partial charge in [0.15, 0.2) is 5.76 Å². The molecule has 112 valence electrons. The van der Waals surface area contributed by atoms with Gasteiger partial charge in [-0.2, -0.15) is 11.8 Å². The maximum atomic E-state index is 10.8. The highest BCUT2D eigenvalue weighted by Crippen LogP contribution is 2.31. The number of carbonyl (C=O) groups is 1. The Morgan fingerprint density at radius 3 is 2.76 bits per heavy atom. The Kier molecular flexibility index (Phi) is 5.52. The highest BCUT2D eigenvalue weighted by Gasteiger charge is 2.16. The van der Waals surface area contributed by atoms with Crippen molar-refractivity contribution in [2.75, 3.05) is 16.9 Å². The Labute approximate surface area is 131 Å². The van der Waals surface area contributed by atoms with E-state index >= 15 is 0 Å². The summed E-state index contributed by atoms with van der Waals surface area (Å²) in [5, 5.41) is 15.0. The summed E-state index contributed by atoms with van der Waals surface area (Å²) in [5.74, 6) is 2.87. The summed E-state index contributed by atoms with van der Waals surface area (Å²) in [6, 6.07) is 7.76. The number of benzene rings is 1. The van der Waals surface area contributed by atoms with Crippen molar-refractivity contribution in [2.45, 2.75) is 12.7 Å². The van der Waals surface area contributed by atoms with Crippen molar-refractivity contribution in [2.24, 2.45) is 0 Å². The Balaban J connectivity index is 2.17. The number of nitrogens with zero attached hydrogens (tertiary/aromatic N) is 1. The zero-order valence-corrected chi connectivity index (χ0v) is 13.0. The van der Waals surface area contributed by atoms with Gasteiger partial charge >= 0.3 is 6.09 Å². The van der Waals surface area contributed by atoms with E-state index < -0.39 is 6.09 Å². The fraction of sp³-hybridized carbons (Fsp3) is 0.286. The molecule has 0 aliphatic carbocycles. The van der Waals surface area contributed by atoms with Crippen LogP contribution in [0, 0.1) is 6.92 Å². The number of amides is 1. The molecule has 0 saturated carbocycles. The zero-order valence-electron chi connectivity index (χ0n) is 11.4. The van der Waals surface area contributed by atoms with Gasteiger partial charge in [-0.1, -0.05) is 29.4 Å². The zero-order chi connectivity index (χ0) is 15.2. The topological polar surface area (TPSA) is 75.4 Å². The van der Waals surface area contributed by atoms with E-state index in [1.807, 2.05) is 24.3 Å². The van der Waals surface area contributed by atoms with E-state index in [-0.39, 0.29) is 0 Å². The van der Waals surface area contributed by atoms with Crippen LogP contribution in [0.4, 0.5) is 10.5 Å². The third-order valence-corrected chi connectivity index (χ3v) is 4.24. The fourth-order valence-corrected chi connectivity index (χ4v) is 2.83. The second-order valence-electron chi connectivity index (χ2n) is 4.34. The van der Waals surface area contributed by atoms with E-state index in [0.717, 1.165) is 17.1 Å². The minimum Gasteiger partial charge on any atom is -0.465 e. The number of aromatic nitrogens is 1. The highest BCUT2D eigenvalue weighted by molar-refractivity contribution is 7.98. The average Bonchev–Trinajstić information content (AvgIpc) is 2.81. The van der Waals surface area contributed by atoms with E-state index in [0.29, 0.717) is 23.0 Å². The average molecular weight is 327 g/mol. The van der Waals surface area contributed by atoms with Crippen LogP contribution in [0.15, 0.2) is 28.8 Å². The molecule has 0 spiro atoms. The molecule has 7 heteroatoms. The Bertz CT molecular complexity index is 613. The molecular weight excluding hydrogens is 312 g/mol. The number of alkyl halides is 1. The molecule has 5 nitrogen and oxygen atoms in total. The molecule has 0 fully saturated rings. The van der Waals surface area contributed by atoms with Crippen LogP contribution < -0.4 is 5.32 Å². The van der Waals surface area contributed by atoms with Crippen LogP contribution in [0.5, 0.6) is 0 Å². The lowest BCUT2D eigenvalue weighted by molar-refractivity contribution is 0.209. The third kappa shape index (κ3) is 4.15. The van der Waals surface area contributed by atoms with Crippen LogP contribution in [0.25, 0.3) is 11.3 Å². The van der Waals surface area contributed by atoms with Crippen LogP contribution in [-0.2, 0) is 5.75 Å². The Morgan fingerprint density at radius 2 is 2.14 bits per heavy atom. The SMILES string of the molecule is Cc1noc(-c2ccc(CSCCCl)cc2)c1NC(=O)O. The van der Waals surface area contributed by atoms with Gasteiger partial charge in [0.05, 0.1) is 0 Å². The number of hydrogen-bond donors (Lipinski definition) is 2. The second-order valence-corrected chi connectivity index (χ2v) is 5.82. The predicted octanol–water partition coefficient (Wildman–Crippen LogP) is 4.21. The normalized spacial score (nSPS) is 10.6. The molecule has 0 bridgehead atoms. The van der Waals surface area contributed by atoms with Crippen molar-refractivity contribution in [3.8, 4) is 11.3 Å². The maximum absolute atomic E-state index is 10.8. The summed E-state index contributed by atoms with van der Waals surface area (Å²) >= 11 is 7.41. The molecule has 0 atom stereocenters.